The highest BCUT2D eigenvalue weighted by Gasteiger charge is 2.44. The first kappa shape index (κ1) is 27.5. The summed E-state index contributed by atoms with van der Waals surface area (Å²) in [7, 11) is 3.15. The van der Waals surface area contributed by atoms with Gasteiger partial charge in [-0.1, -0.05) is 55.2 Å². The molecule has 2 rings (SSSR count). The first-order valence-corrected chi connectivity index (χ1v) is 11.7. The Bertz CT molecular complexity index is 1000. The van der Waals surface area contributed by atoms with E-state index in [-0.39, 0.29) is 31.8 Å². The SMILES string of the molecule is CCC(CC)(C(=O)N[C@@H](Cc1ccc(OCc2c(Cl)cccc2Cl)cc1)C(=O)O)C(=O)N(C)C. The van der Waals surface area contributed by atoms with E-state index in [9.17, 15) is 19.5 Å². The standard InChI is InChI=1S/C25H30Cl2N2O5/c1-5-25(6-2,24(33)29(3)4)23(32)28-21(22(30)31)14-16-10-12-17(13-11-16)34-15-18-19(26)8-7-9-20(18)27/h7-13,21H,5-6,14-15H2,1-4H3,(H,28,32)(H,30,31)/t21-/m0/s1. The molecule has 184 valence electrons. The van der Waals surface area contributed by atoms with Crippen LogP contribution >= 0.6 is 23.2 Å². The summed E-state index contributed by atoms with van der Waals surface area (Å²) in [5, 5.41) is 13.3. The summed E-state index contributed by atoms with van der Waals surface area (Å²) >= 11 is 12.3. The van der Waals surface area contributed by atoms with Gasteiger partial charge in [0.15, 0.2) is 0 Å². The zero-order valence-corrected chi connectivity index (χ0v) is 21.2. The van der Waals surface area contributed by atoms with Gasteiger partial charge in [-0.2, -0.15) is 0 Å². The van der Waals surface area contributed by atoms with E-state index in [2.05, 4.69) is 5.32 Å². The molecule has 0 aliphatic heterocycles. The molecule has 34 heavy (non-hydrogen) atoms. The molecule has 0 saturated heterocycles. The van der Waals surface area contributed by atoms with Crippen LogP contribution in [-0.4, -0.2) is 47.9 Å². The second-order valence-corrected chi connectivity index (χ2v) is 9.00. The van der Waals surface area contributed by atoms with Gasteiger partial charge in [0.05, 0.1) is 0 Å². The molecule has 0 bridgehead atoms. The summed E-state index contributed by atoms with van der Waals surface area (Å²) in [4.78, 5) is 39.0. The molecule has 0 aliphatic rings. The van der Waals surface area contributed by atoms with Gasteiger partial charge in [0.25, 0.3) is 0 Å². The summed E-state index contributed by atoms with van der Waals surface area (Å²) in [6.45, 7) is 3.67. The molecule has 2 amide bonds. The summed E-state index contributed by atoms with van der Waals surface area (Å²) in [5.41, 5.74) is 0.0500. The van der Waals surface area contributed by atoms with E-state index in [4.69, 9.17) is 27.9 Å². The fourth-order valence-corrected chi connectivity index (χ4v) is 4.18. The lowest BCUT2D eigenvalue weighted by molar-refractivity contribution is -0.152. The predicted octanol–water partition coefficient (Wildman–Crippen LogP) is 4.58. The third-order valence-corrected chi connectivity index (χ3v) is 6.58. The number of carbonyl (C=O) groups excluding carboxylic acids is 2. The molecule has 0 aliphatic carbocycles. The van der Waals surface area contributed by atoms with Crippen LogP contribution in [0.1, 0.15) is 37.8 Å². The average Bonchev–Trinajstić information content (AvgIpc) is 2.80. The third-order valence-electron chi connectivity index (χ3n) is 5.87. The van der Waals surface area contributed by atoms with Crippen LogP contribution in [0.15, 0.2) is 42.5 Å². The minimum Gasteiger partial charge on any atom is -0.489 e. The maximum Gasteiger partial charge on any atom is 0.326 e. The number of halogens is 2. The fourth-order valence-electron chi connectivity index (χ4n) is 3.68. The maximum absolute atomic E-state index is 13.0. The van der Waals surface area contributed by atoms with Crippen molar-refractivity contribution in [2.24, 2.45) is 5.41 Å². The third kappa shape index (κ3) is 6.42. The van der Waals surface area contributed by atoms with Gasteiger partial charge in [0.2, 0.25) is 11.8 Å². The second-order valence-electron chi connectivity index (χ2n) is 8.19. The lowest BCUT2D eigenvalue weighted by Gasteiger charge is -2.32. The van der Waals surface area contributed by atoms with Crippen molar-refractivity contribution >= 4 is 41.0 Å². The van der Waals surface area contributed by atoms with Crippen LogP contribution in [0.5, 0.6) is 5.75 Å². The highest BCUT2D eigenvalue weighted by molar-refractivity contribution is 6.35. The maximum atomic E-state index is 13.0. The molecule has 2 N–H and O–H groups in total. The second kappa shape index (κ2) is 12.1. The first-order valence-electron chi connectivity index (χ1n) is 11.0. The Balaban J connectivity index is 2.10. The number of nitrogens with one attached hydrogen (secondary N) is 1. The number of rotatable bonds is 11. The number of ether oxygens (including phenoxy) is 1. The quantitative estimate of drug-likeness (QED) is 0.433. The Morgan fingerprint density at radius 1 is 1.03 bits per heavy atom. The molecule has 9 heteroatoms. The van der Waals surface area contributed by atoms with Gasteiger partial charge in [-0.05, 0) is 42.7 Å². The van der Waals surface area contributed by atoms with E-state index in [0.29, 0.717) is 26.9 Å². The molecular formula is C25H30Cl2N2O5. The van der Waals surface area contributed by atoms with Gasteiger partial charge < -0.3 is 20.1 Å². The Morgan fingerprint density at radius 2 is 1.59 bits per heavy atom. The summed E-state index contributed by atoms with van der Waals surface area (Å²) in [6, 6.07) is 10.9. The molecule has 1 atom stereocenters. The number of carbonyl (C=O) groups is 3. The monoisotopic (exact) mass is 508 g/mol. The lowest BCUT2D eigenvalue weighted by Crippen LogP contribution is -2.54. The molecular weight excluding hydrogens is 479 g/mol. The molecule has 0 heterocycles. The van der Waals surface area contributed by atoms with E-state index < -0.39 is 23.3 Å². The Hall–Kier alpha value is -2.77. The highest BCUT2D eigenvalue weighted by Crippen LogP contribution is 2.29. The minimum atomic E-state index is -1.31. The molecule has 0 fully saturated rings. The number of amides is 2. The van der Waals surface area contributed by atoms with Crippen molar-refractivity contribution in [1.29, 1.82) is 0 Å². The van der Waals surface area contributed by atoms with Crippen molar-refractivity contribution in [1.82, 2.24) is 10.2 Å². The van der Waals surface area contributed by atoms with E-state index in [1.807, 2.05) is 0 Å². The topological polar surface area (TPSA) is 95.9 Å². The van der Waals surface area contributed by atoms with Crippen LogP contribution in [-0.2, 0) is 27.4 Å². The molecule has 0 radical (unpaired) electrons. The highest BCUT2D eigenvalue weighted by atomic mass is 35.5. The van der Waals surface area contributed by atoms with Crippen molar-refractivity contribution in [2.45, 2.75) is 45.8 Å². The minimum absolute atomic E-state index is 0.0529. The lowest BCUT2D eigenvalue weighted by atomic mass is 9.79. The van der Waals surface area contributed by atoms with E-state index in [1.54, 1.807) is 70.4 Å². The van der Waals surface area contributed by atoms with E-state index in [0.717, 1.165) is 0 Å². The van der Waals surface area contributed by atoms with E-state index in [1.165, 1.54) is 4.90 Å². The summed E-state index contributed by atoms with van der Waals surface area (Å²) < 4.78 is 5.75. The van der Waals surface area contributed by atoms with Gasteiger partial charge in [-0.3, -0.25) is 9.59 Å². The summed E-state index contributed by atoms with van der Waals surface area (Å²) in [6.07, 6.45) is 0.581. The molecule has 0 saturated carbocycles. The van der Waals surface area contributed by atoms with E-state index >= 15 is 0 Å². The Kier molecular flexibility index (Phi) is 9.77. The van der Waals surface area contributed by atoms with Crippen LogP contribution in [0.4, 0.5) is 0 Å². The zero-order chi connectivity index (χ0) is 25.5. The van der Waals surface area contributed by atoms with Crippen molar-refractivity contribution < 1.29 is 24.2 Å². The largest absolute Gasteiger partial charge is 0.489 e. The molecule has 0 unspecified atom stereocenters. The van der Waals surface area contributed by atoms with Gasteiger partial charge in [0, 0.05) is 36.1 Å². The molecule has 0 spiro atoms. The zero-order valence-electron chi connectivity index (χ0n) is 19.7. The number of aliphatic carboxylic acids is 1. The normalized spacial score (nSPS) is 12.1. The average molecular weight is 509 g/mol. The number of nitrogens with zero attached hydrogens (tertiary/aromatic N) is 1. The fraction of sp³-hybridized carbons (Fsp3) is 0.400. The van der Waals surface area contributed by atoms with Crippen molar-refractivity contribution in [3.8, 4) is 5.75 Å². The van der Waals surface area contributed by atoms with Gasteiger partial charge in [0.1, 0.15) is 23.8 Å². The van der Waals surface area contributed by atoms with Crippen LogP contribution < -0.4 is 10.1 Å². The number of carboxylic acids is 1. The first-order chi connectivity index (χ1) is 16.0. The van der Waals surface area contributed by atoms with Gasteiger partial charge >= 0.3 is 5.97 Å². The smallest absolute Gasteiger partial charge is 0.326 e. The van der Waals surface area contributed by atoms with Gasteiger partial charge in [-0.25, -0.2) is 4.79 Å². The van der Waals surface area contributed by atoms with Crippen molar-refractivity contribution in [3.63, 3.8) is 0 Å². The Labute approximate surface area is 210 Å². The van der Waals surface area contributed by atoms with Crippen LogP contribution in [0.3, 0.4) is 0 Å². The number of benzene rings is 2. The Morgan fingerprint density at radius 3 is 2.06 bits per heavy atom. The summed E-state index contributed by atoms with van der Waals surface area (Å²) in [5.74, 6) is -1.55. The molecule has 2 aromatic carbocycles. The molecule has 2 aromatic rings. The van der Waals surface area contributed by atoms with Crippen molar-refractivity contribution in [3.05, 3.63) is 63.6 Å². The number of carboxylic acid groups (broad SMARTS) is 1. The molecule has 7 nitrogen and oxygen atoms in total. The number of hydrogen-bond donors (Lipinski definition) is 2. The van der Waals surface area contributed by atoms with Crippen LogP contribution in [0.25, 0.3) is 0 Å². The number of hydrogen-bond acceptors (Lipinski definition) is 4. The van der Waals surface area contributed by atoms with Crippen LogP contribution in [0, 0.1) is 5.41 Å². The van der Waals surface area contributed by atoms with Crippen molar-refractivity contribution in [2.75, 3.05) is 14.1 Å². The predicted molar refractivity (Wildman–Crippen MR) is 132 cm³/mol. The van der Waals surface area contributed by atoms with Crippen LogP contribution in [0.2, 0.25) is 10.0 Å². The van der Waals surface area contributed by atoms with Gasteiger partial charge in [-0.15, -0.1) is 0 Å². The molecule has 0 aromatic heterocycles.